The maximum Gasteiger partial charge on any atom is 0.128 e. The number of anilines is 1. The molecule has 2 rings (SSSR count). The van der Waals surface area contributed by atoms with Crippen molar-refractivity contribution in [3.8, 4) is 0 Å². The number of halogens is 2. The Hall–Kier alpha value is -1.91. The van der Waals surface area contributed by atoms with Crippen LogP contribution < -0.4 is 5.32 Å². The molecule has 0 spiro atoms. The maximum atomic E-state index is 13.4. The Bertz CT molecular complexity index is 549. The summed E-state index contributed by atoms with van der Waals surface area (Å²) >= 11 is 0. The number of aryl methyl sites for hydroxylation is 1. The van der Waals surface area contributed by atoms with E-state index in [1.165, 1.54) is 6.07 Å². The lowest BCUT2D eigenvalue weighted by atomic mass is 10.2. The van der Waals surface area contributed by atoms with Crippen molar-refractivity contribution in [2.24, 2.45) is 0 Å². The Morgan fingerprint density at radius 1 is 1.33 bits per heavy atom. The molecule has 96 valence electrons. The molecular formula is C13H15F2N3. The molecule has 2 aromatic rings. The van der Waals surface area contributed by atoms with E-state index in [0.29, 0.717) is 5.56 Å². The van der Waals surface area contributed by atoms with Crippen molar-refractivity contribution in [3.63, 3.8) is 0 Å². The number of benzene rings is 1. The van der Waals surface area contributed by atoms with E-state index in [0.717, 1.165) is 30.1 Å². The monoisotopic (exact) mass is 251 g/mol. The van der Waals surface area contributed by atoms with E-state index in [9.17, 15) is 8.78 Å². The lowest BCUT2D eigenvalue weighted by Gasteiger charge is -2.07. The molecular weight excluding hydrogens is 236 g/mol. The number of hydrogen-bond acceptors (Lipinski definition) is 2. The summed E-state index contributed by atoms with van der Waals surface area (Å²) < 4.78 is 28.3. The van der Waals surface area contributed by atoms with Crippen LogP contribution in [-0.4, -0.2) is 9.78 Å². The quantitative estimate of drug-likeness (QED) is 0.904. The van der Waals surface area contributed by atoms with Crippen molar-refractivity contribution in [3.05, 3.63) is 47.3 Å². The zero-order valence-electron chi connectivity index (χ0n) is 10.4. The SMILES string of the molecule is CCn1ncc(NCc2cc(F)ccc2F)c1C. The summed E-state index contributed by atoms with van der Waals surface area (Å²) in [5.41, 5.74) is 2.12. The van der Waals surface area contributed by atoms with Crippen molar-refractivity contribution in [1.82, 2.24) is 9.78 Å². The Kier molecular flexibility index (Phi) is 3.60. The molecule has 0 unspecified atom stereocenters. The van der Waals surface area contributed by atoms with Crippen LogP contribution in [0.4, 0.5) is 14.5 Å². The molecule has 0 fully saturated rings. The Morgan fingerprint density at radius 2 is 2.11 bits per heavy atom. The van der Waals surface area contributed by atoms with Gasteiger partial charge in [-0.25, -0.2) is 8.78 Å². The second-order valence-electron chi connectivity index (χ2n) is 4.05. The minimum Gasteiger partial charge on any atom is -0.378 e. The molecule has 0 amide bonds. The molecule has 3 nitrogen and oxygen atoms in total. The maximum absolute atomic E-state index is 13.4. The van der Waals surface area contributed by atoms with Crippen LogP contribution in [0.15, 0.2) is 24.4 Å². The smallest absolute Gasteiger partial charge is 0.128 e. The number of nitrogens with zero attached hydrogens (tertiary/aromatic N) is 2. The highest BCUT2D eigenvalue weighted by Gasteiger charge is 2.07. The van der Waals surface area contributed by atoms with Gasteiger partial charge in [0.25, 0.3) is 0 Å². The second-order valence-corrected chi connectivity index (χ2v) is 4.05. The fourth-order valence-corrected chi connectivity index (χ4v) is 1.81. The third-order valence-electron chi connectivity index (χ3n) is 2.88. The van der Waals surface area contributed by atoms with Gasteiger partial charge in [0.15, 0.2) is 0 Å². The molecule has 1 N–H and O–H groups in total. The van der Waals surface area contributed by atoms with Crippen molar-refractivity contribution in [2.45, 2.75) is 26.9 Å². The highest BCUT2D eigenvalue weighted by molar-refractivity contribution is 5.46. The topological polar surface area (TPSA) is 29.9 Å². The zero-order valence-corrected chi connectivity index (χ0v) is 10.4. The summed E-state index contributed by atoms with van der Waals surface area (Å²) in [5.74, 6) is -0.849. The first-order chi connectivity index (χ1) is 8.61. The van der Waals surface area contributed by atoms with Crippen molar-refractivity contribution in [2.75, 3.05) is 5.32 Å². The number of aromatic nitrogens is 2. The molecule has 0 aliphatic heterocycles. The molecule has 18 heavy (non-hydrogen) atoms. The summed E-state index contributed by atoms with van der Waals surface area (Å²) in [6, 6.07) is 3.44. The molecule has 0 atom stereocenters. The van der Waals surface area contributed by atoms with Gasteiger partial charge in [0.2, 0.25) is 0 Å². The summed E-state index contributed by atoms with van der Waals surface area (Å²) in [6.45, 7) is 4.94. The van der Waals surface area contributed by atoms with Gasteiger partial charge in [-0.2, -0.15) is 5.10 Å². The Balaban J connectivity index is 2.11. The van der Waals surface area contributed by atoms with Gasteiger partial charge in [-0.15, -0.1) is 0 Å². The van der Waals surface area contributed by atoms with Crippen LogP contribution in [0, 0.1) is 18.6 Å². The Morgan fingerprint density at radius 3 is 2.78 bits per heavy atom. The number of hydrogen-bond donors (Lipinski definition) is 1. The van der Waals surface area contributed by atoms with Gasteiger partial charge in [0.1, 0.15) is 11.6 Å². The van der Waals surface area contributed by atoms with Crippen LogP contribution in [0.5, 0.6) is 0 Å². The van der Waals surface area contributed by atoms with Crippen LogP contribution in [0.2, 0.25) is 0 Å². The minimum atomic E-state index is -0.436. The van der Waals surface area contributed by atoms with Crippen molar-refractivity contribution < 1.29 is 8.78 Å². The minimum absolute atomic E-state index is 0.236. The average molecular weight is 251 g/mol. The van der Waals surface area contributed by atoms with Crippen LogP contribution in [0.3, 0.4) is 0 Å². The molecule has 1 aromatic carbocycles. The van der Waals surface area contributed by atoms with Gasteiger partial charge in [-0.1, -0.05) is 0 Å². The van der Waals surface area contributed by atoms with Gasteiger partial charge >= 0.3 is 0 Å². The van der Waals surface area contributed by atoms with E-state index in [-0.39, 0.29) is 6.54 Å². The van der Waals surface area contributed by atoms with Gasteiger partial charge in [-0.05, 0) is 32.0 Å². The van der Waals surface area contributed by atoms with E-state index in [1.54, 1.807) is 6.20 Å². The van der Waals surface area contributed by atoms with Gasteiger partial charge < -0.3 is 5.32 Å². The van der Waals surface area contributed by atoms with E-state index >= 15 is 0 Å². The normalized spacial score (nSPS) is 10.7. The molecule has 1 heterocycles. The first-order valence-corrected chi connectivity index (χ1v) is 5.82. The van der Waals surface area contributed by atoms with Crippen LogP contribution in [0.25, 0.3) is 0 Å². The van der Waals surface area contributed by atoms with Crippen LogP contribution in [0.1, 0.15) is 18.2 Å². The molecule has 5 heteroatoms. The summed E-state index contributed by atoms with van der Waals surface area (Å²) in [6.07, 6.45) is 1.69. The Labute approximate surface area is 104 Å². The van der Waals surface area contributed by atoms with E-state index in [4.69, 9.17) is 0 Å². The highest BCUT2D eigenvalue weighted by atomic mass is 19.1. The van der Waals surface area contributed by atoms with E-state index < -0.39 is 11.6 Å². The third kappa shape index (κ3) is 2.50. The molecule has 0 bridgehead atoms. The lowest BCUT2D eigenvalue weighted by molar-refractivity contribution is 0.587. The van der Waals surface area contributed by atoms with Gasteiger partial charge in [0, 0.05) is 18.7 Å². The number of rotatable bonds is 4. The molecule has 1 aromatic heterocycles. The van der Waals surface area contributed by atoms with Crippen LogP contribution >= 0.6 is 0 Å². The predicted molar refractivity (Wildman–Crippen MR) is 66.3 cm³/mol. The molecule has 0 aliphatic carbocycles. The first-order valence-electron chi connectivity index (χ1n) is 5.82. The second kappa shape index (κ2) is 5.16. The molecule has 0 aliphatic rings. The standard InChI is InChI=1S/C13H15F2N3/c1-3-18-9(2)13(8-17-18)16-7-10-6-11(14)4-5-12(10)15/h4-6,8,16H,3,7H2,1-2H3. The van der Waals surface area contributed by atoms with Gasteiger partial charge in [-0.3, -0.25) is 4.68 Å². The fraction of sp³-hybridized carbons (Fsp3) is 0.308. The molecule has 0 saturated carbocycles. The number of nitrogens with one attached hydrogen (secondary N) is 1. The fourth-order valence-electron chi connectivity index (χ4n) is 1.81. The van der Waals surface area contributed by atoms with Crippen molar-refractivity contribution in [1.29, 1.82) is 0 Å². The van der Waals surface area contributed by atoms with Crippen LogP contribution in [-0.2, 0) is 13.1 Å². The predicted octanol–water partition coefficient (Wildman–Crippen LogP) is 3.10. The summed E-state index contributed by atoms with van der Waals surface area (Å²) in [4.78, 5) is 0. The highest BCUT2D eigenvalue weighted by Crippen LogP contribution is 2.16. The van der Waals surface area contributed by atoms with E-state index in [2.05, 4.69) is 10.4 Å². The molecule has 0 radical (unpaired) electrons. The average Bonchev–Trinajstić information content (AvgIpc) is 2.71. The van der Waals surface area contributed by atoms with E-state index in [1.807, 2.05) is 18.5 Å². The largest absolute Gasteiger partial charge is 0.378 e. The first kappa shape index (κ1) is 12.5. The summed E-state index contributed by atoms with van der Waals surface area (Å²) in [5, 5.41) is 7.23. The lowest BCUT2D eigenvalue weighted by Crippen LogP contribution is -2.04. The third-order valence-corrected chi connectivity index (χ3v) is 2.88. The van der Waals surface area contributed by atoms with Gasteiger partial charge in [0.05, 0.1) is 17.6 Å². The zero-order chi connectivity index (χ0) is 13.1. The summed E-state index contributed by atoms with van der Waals surface area (Å²) in [7, 11) is 0. The van der Waals surface area contributed by atoms with Crippen molar-refractivity contribution >= 4 is 5.69 Å². The molecule has 0 saturated heterocycles.